The van der Waals surface area contributed by atoms with Crippen molar-refractivity contribution < 1.29 is 13.9 Å². The maximum atomic E-state index is 13.4. The van der Waals surface area contributed by atoms with Gasteiger partial charge in [-0.25, -0.2) is 4.39 Å². The highest BCUT2D eigenvalue weighted by Crippen LogP contribution is 2.36. The molecule has 0 radical (unpaired) electrons. The molecule has 130 valence electrons. The molecule has 25 heavy (non-hydrogen) atoms. The lowest BCUT2D eigenvalue weighted by molar-refractivity contribution is -0.143. The van der Waals surface area contributed by atoms with Crippen LogP contribution in [-0.4, -0.2) is 30.1 Å². The lowest BCUT2D eigenvalue weighted by Gasteiger charge is -2.39. The molecule has 0 bridgehead atoms. The summed E-state index contributed by atoms with van der Waals surface area (Å²) in [5, 5.41) is 0. The van der Waals surface area contributed by atoms with Gasteiger partial charge in [-0.1, -0.05) is 43.3 Å². The SMILES string of the molecule is C[C@H]1CO[C@H](C(=O)N2CCc3ccccc3[C@@H]2c2ccc(F)cc2)C1. The average molecular weight is 339 g/mol. The van der Waals surface area contributed by atoms with E-state index in [-0.39, 0.29) is 23.9 Å². The molecule has 1 amide bonds. The molecule has 2 heterocycles. The fraction of sp³-hybridized carbons (Fsp3) is 0.381. The average Bonchev–Trinajstić information content (AvgIpc) is 3.07. The quantitative estimate of drug-likeness (QED) is 0.834. The number of fused-ring (bicyclic) bond motifs is 1. The van der Waals surface area contributed by atoms with Crippen molar-refractivity contribution in [1.82, 2.24) is 4.90 Å². The molecule has 3 atom stereocenters. The fourth-order valence-electron chi connectivity index (χ4n) is 3.95. The standard InChI is InChI=1S/C21H22FNO2/c1-14-12-19(25-13-14)21(24)23-11-10-15-4-2-3-5-18(15)20(23)16-6-8-17(22)9-7-16/h2-9,14,19-20H,10-13H2,1H3/t14-,19+,20+/m1/s1. The van der Waals surface area contributed by atoms with Crippen LogP contribution in [0.4, 0.5) is 4.39 Å². The number of halogens is 1. The Morgan fingerprint density at radius 3 is 2.64 bits per heavy atom. The van der Waals surface area contributed by atoms with E-state index in [4.69, 9.17) is 4.74 Å². The molecule has 1 saturated heterocycles. The number of hydrogen-bond acceptors (Lipinski definition) is 2. The third-order valence-electron chi connectivity index (χ3n) is 5.23. The lowest BCUT2D eigenvalue weighted by atomic mass is 9.87. The van der Waals surface area contributed by atoms with E-state index in [0.717, 1.165) is 24.0 Å². The van der Waals surface area contributed by atoms with Crippen molar-refractivity contribution in [3.05, 3.63) is 71.0 Å². The number of amides is 1. The van der Waals surface area contributed by atoms with Crippen molar-refractivity contribution in [3.63, 3.8) is 0 Å². The number of nitrogens with zero attached hydrogens (tertiary/aromatic N) is 1. The second kappa shape index (κ2) is 6.60. The Kier molecular flexibility index (Phi) is 4.30. The highest BCUT2D eigenvalue weighted by Gasteiger charge is 2.38. The van der Waals surface area contributed by atoms with E-state index in [0.29, 0.717) is 19.1 Å². The molecule has 0 N–H and O–H groups in total. The molecule has 0 aliphatic carbocycles. The van der Waals surface area contributed by atoms with Gasteiger partial charge in [0.2, 0.25) is 0 Å². The first-order valence-corrected chi connectivity index (χ1v) is 8.89. The van der Waals surface area contributed by atoms with Crippen molar-refractivity contribution in [2.75, 3.05) is 13.2 Å². The van der Waals surface area contributed by atoms with Crippen LogP contribution in [0.25, 0.3) is 0 Å². The van der Waals surface area contributed by atoms with Gasteiger partial charge in [-0.05, 0) is 47.6 Å². The van der Waals surface area contributed by atoms with Gasteiger partial charge in [-0.3, -0.25) is 4.79 Å². The van der Waals surface area contributed by atoms with Crippen LogP contribution in [0.15, 0.2) is 48.5 Å². The second-order valence-electron chi connectivity index (χ2n) is 7.10. The topological polar surface area (TPSA) is 29.5 Å². The van der Waals surface area contributed by atoms with Crippen LogP contribution >= 0.6 is 0 Å². The predicted octanol–water partition coefficient (Wildman–Crippen LogP) is 3.72. The second-order valence-corrected chi connectivity index (χ2v) is 7.10. The van der Waals surface area contributed by atoms with Gasteiger partial charge in [-0.2, -0.15) is 0 Å². The number of rotatable bonds is 2. The summed E-state index contributed by atoms with van der Waals surface area (Å²) in [4.78, 5) is 15.0. The zero-order valence-corrected chi connectivity index (χ0v) is 14.3. The molecule has 4 heteroatoms. The summed E-state index contributed by atoms with van der Waals surface area (Å²) < 4.78 is 19.1. The van der Waals surface area contributed by atoms with Gasteiger partial charge in [0, 0.05) is 6.54 Å². The smallest absolute Gasteiger partial charge is 0.252 e. The van der Waals surface area contributed by atoms with Crippen molar-refractivity contribution in [1.29, 1.82) is 0 Å². The van der Waals surface area contributed by atoms with E-state index in [1.807, 2.05) is 17.0 Å². The predicted molar refractivity (Wildman–Crippen MR) is 93.6 cm³/mol. The maximum Gasteiger partial charge on any atom is 0.252 e. The minimum atomic E-state index is -0.358. The van der Waals surface area contributed by atoms with Crippen LogP contribution in [0.5, 0.6) is 0 Å². The number of carbonyl (C=O) groups is 1. The summed E-state index contributed by atoms with van der Waals surface area (Å²) >= 11 is 0. The molecule has 2 aliphatic heterocycles. The molecule has 0 saturated carbocycles. The number of ether oxygens (including phenoxy) is 1. The third kappa shape index (κ3) is 3.07. The van der Waals surface area contributed by atoms with Crippen LogP contribution in [-0.2, 0) is 16.0 Å². The zero-order valence-electron chi connectivity index (χ0n) is 14.3. The Hall–Kier alpha value is -2.20. The highest BCUT2D eigenvalue weighted by molar-refractivity contribution is 5.82. The van der Waals surface area contributed by atoms with E-state index in [2.05, 4.69) is 19.1 Å². The van der Waals surface area contributed by atoms with Gasteiger partial charge in [0.15, 0.2) is 0 Å². The molecule has 2 aromatic carbocycles. The van der Waals surface area contributed by atoms with Gasteiger partial charge < -0.3 is 9.64 Å². The normalized spacial score (nSPS) is 25.7. The molecule has 2 aliphatic rings. The molecule has 1 fully saturated rings. The third-order valence-corrected chi connectivity index (χ3v) is 5.23. The summed E-state index contributed by atoms with van der Waals surface area (Å²) in [7, 11) is 0. The summed E-state index contributed by atoms with van der Waals surface area (Å²) in [5.74, 6) is 0.196. The largest absolute Gasteiger partial charge is 0.368 e. The monoisotopic (exact) mass is 339 g/mol. The first kappa shape index (κ1) is 16.3. The summed E-state index contributed by atoms with van der Waals surface area (Å²) in [5.41, 5.74) is 3.31. The van der Waals surface area contributed by atoms with Crippen molar-refractivity contribution >= 4 is 5.91 Å². The van der Waals surface area contributed by atoms with Crippen molar-refractivity contribution in [2.45, 2.75) is 31.9 Å². The van der Waals surface area contributed by atoms with Gasteiger partial charge in [0.25, 0.3) is 5.91 Å². The molecule has 3 nitrogen and oxygen atoms in total. The van der Waals surface area contributed by atoms with Crippen LogP contribution < -0.4 is 0 Å². The van der Waals surface area contributed by atoms with E-state index in [1.165, 1.54) is 17.7 Å². The summed E-state index contributed by atoms with van der Waals surface area (Å²) in [6.45, 7) is 3.41. The minimum absolute atomic E-state index is 0.0492. The Morgan fingerprint density at radius 1 is 1.16 bits per heavy atom. The summed E-state index contributed by atoms with van der Waals surface area (Å²) in [6, 6.07) is 14.5. The fourth-order valence-corrected chi connectivity index (χ4v) is 3.95. The van der Waals surface area contributed by atoms with Crippen LogP contribution in [0.2, 0.25) is 0 Å². The first-order chi connectivity index (χ1) is 12.1. The zero-order chi connectivity index (χ0) is 17.4. The lowest BCUT2D eigenvalue weighted by Crippen LogP contribution is -2.45. The number of hydrogen-bond donors (Lipinski definition) is 0. The van der Waals surface area contributed by atoms with Crippen molar-refractivity contribution in [2.24, 2.45) is 5.92 Å². The Morgan fingerprint density at radius 2 is 1.92 bits per heavy atom. The van der Waals surface area contributed by atoms with E-state index in [9.17, 15) is 9.18 Å². The van der Waals surface area contributed by atoms with Gasteiger partial charge >= 0.3 is 0 Å². The maximum absolute atomic E-state index is 13.4. The molecule has 4 rings (SSSR count). The Labute approximate surface area is 147 Å². The molecular weight excluding hydrogens is 317 g/mol. The van der Waals surface area contributed by atoms with Gasteiger partial charge in [0.1, 0.15) is 11.9 Å². The number of benzene rings is 2. The summed E-state index contributed by atoms with van der Waals surface area (Å²) in [6.07, 6.45) is 1.25. The molecule has 2 aromatic rings. The first-order valence-electron chi connectivity index (χ1n) is 8.89. The van der Waals surface area contributed by atoms with Crippen LogP contribution in [0.3, 0.4) is 0 Å². The van der Waals surface area contributed by atoms with Crippen molar-refractivity contribution in [3.8, 4) is 0 Å². The van der Waals surface area contributed by atoms with E-state index < -0.39 is 0 Å². The number of carbonyl (C=O) groups excluding carboxylic acids is 1. The molecule has 0 spiro atoms. The Bertz CT molecular complexity index is 774. The Balaban J connectivity index is 1.72. The molecule has 0 aromatic heterocycles. The molecule has 0 unspecified atom stereocenters. The van der Waals surface area contributed by atoms with E-state index >= 15 is 0 Å². The van der Waals surface area contributed by atoms with Crippen LogP contribution in [0, 0.1) is 11.7 Å². The highest BCUT2D eigenvalue weighted by atomic mass is 19.1. The minimum Gasteiger partial charge on any atom is -0.368 e. The van der Waals surface area contributed by atoms with Gasteiger partial charge in [0.05, 0.1) is 12.6 Å². The van der Waals surface area contributed by atoms with E-state index in [1.54, 1.807) is 12.1 Å². The molecular formula is C21H22FNO2. The van der Waals surface area contributed by atoms with Gasteiger partial charge in [-0.15, -0.1) is 0 Å². The van der Waals surface area contributed by atoms with Crippen LogP contribution in [0.1, 0.15) is 36.1 Å².